The Balaban J connectivity index is 2.21. The number of aromatic nitrogens is 2. The highest BCUT2D eigenvalue weighted by atomic mass is 35.5. The minimum atomic E-state index is -0.00579. The molecule has 3 rings (SSSR count). The van der Waals surface area contributed by atoms with E-state index in [4.69, 9.17) is 23.2 Å². The van der Waals surface area contributed by atoms with Crippen molar-refractivity contribution in [1.29, 1.82) is 0 Å². The van der Waals surface area contributed by atoms with Crippen molar-refractivity contribution in [2.45, 2.75) is 0 Å². The first-order valence-electron chi connectivity index (χ1n) is 5.94. The average Bonchev–Trinajstić information content (AvgIpc) is 2.93. The maximum Gasteiger partial charge on any atom is 0.143 e. The number of benzene rings is 2. The van der Waals surface area contributed by atoms with E-state index >= 15 is 0 Å². The van der Waals surface area contributed by atoms with Crippen LogP contribution < -0.4 is 0 Å². The third kappa shape index (κ3) is 2.26. The summed E-state index contributed by atoms with van der Waals surface area (Å²) in [6, 6.07) is 14.6. The van der Waals surface area contributed by atoms with Gasteiger partial charge in [-0.15, -0.1) is 0 Å². The van der Waals surface area contributed by atoms with Crippen molar-refractivity contribution < 1.29 is 5.11 Å². The van der Waals surface area contributed by atoms with Gasteiger partial charge in [-0.25, -0.2) is 4.68 Å². The quantitative estimate of drug-likeness (QED) is 0.754. The van der Waals surface area contributed by atoms with Crippen LogP contribution in [0.25, 0.3) is 16.9 Å². The Hall–Kier alpha value is -1.97. The van der Waals surface area contributed by atoms with Gasteiger partial charge in [-0.2, -0.15) is 5.10 Å². The molecular weight excluding hydrogens is 295 g/mol. The summed E-state index contributed by atoms with van der Waals surface area (Å²) in [7, 11) is 0. The Morgan fingerprint density at radius 3 is 2.50 bits per heavy atom. The van der Waals surface area contributed by atoms with Crippen molar-refractivity contribution >= 4 is 23.2 Å². The molecule has 0 radical (unpaired) electrons. The number of rotatable bonds is 2. The maximum atomic E-state index is 10.1. The van der Waals surface area contributed by atoms with Crippen LogP contribution in [0.2, 0.25) is 10.0 Å². The molecule has 0 amide bonds. The molecule has 100 valence electrons. The zero-order valence-electron chi connectivity index (χ0n) is 10.3. The molecule has 3 nitrogen and oxygen atoms in total. The highest BCUT2D eigenvalue weighted by Crippen LogP contribution is 2.38. The second-order valence-corrected chi connectivity index (χ2v) is 5.09. The van der Waals surface area contributed by atoms with E-state index < -0.39 is 0 Å². The number of phenolic OH excluding ortho intramolecular Hbond substituents is 1. The molecule has 0 atom stereocenters. The second-order valence-electron chi connectivity index (χ2n) is 4.25. The Morgan fingerprint density at radius 2 is 1.75 bits per heavy atom. The standard InChI is InChI=1S/C15H10Cl2N2O/c16-10-8-12(15(20)13(17)9-10)14-6-7-18-19(14)11-4-2-1-3-5-11/h1-9,20H. The molecule has 20 heavy (non-hydrogen) atoms. The van der Waals surface area contributed by atoms with Gasteiger partial charge in [0.15, 0.2) is 0 Å². The highest BCUT2D eigenvalue weighted by Gasteiger charge is 2.14. The number of hydrogen-bond donors (Lipinski definition) is 1. The first-order chi connectivity index (χ1) is 9.66. The van der Waals surface area contributed by atoms with Gasteiger partial charge in [0.1, 0.15) is 5.75 Å². The minimum Gasteiger partial charge on any atom is -0.506 e. The monoisotopic (exact) mass is 304 g/mol. The van der Waals surface area contributed by atoms with Crippen molar-refractivity contribution in [3.8, 4) is 22.7 Å². The molecule has 0 bridgehead atoms. The summed E-state index contributed by atoms with van der Waals surface area (Å²) < 4.78 is 1.72. The Kier molecular flexibility index (Phi) is 3.38. The van der Waals surface area contributed by atoms with Crippen molar-refractivity contribution in [2.24, 2.45) is 0 Å². The van der Waals surface area contributed by atoms with E-state index in [0.29, 0.717) is 10.6 Å². The number of para-hydroxylation sites is 1. The first-order valence-corrected chi connectivity index (χ1v) is 6.70. The fourth-order valence-electron chi connectivity index (χ4n) is 2.04. The SMILES string of the molecule is Oc1c(Cl)cc(Cl)cc1-c1ccnn1-c1ccccc1. The van der Waals surface area contributed by atoms with E-state index in [1.807, 2.05) is 30.3 Å². The summed E-state index contributed by atoms with van der Waals surface area (Å²) in [5.41, 5.74) is 2.16. The van der Waals surface area contributed by atoms with Crippen molar-refractivity contribution in [3.05, 3.63) is 64.8 Å². The zero-order valence-corrected chi connectivity index (χ0v) is 11.8. The van der Waals surface area contributed by atoms with Crippen LogP contribution in [0.15, 0.2) is 54.7 Å². The van der Waals surface area contributed by atoms with E-state index in [-0.39, 0.29) is 10.8 Å². The molecule has 1 aromatic heterocycles. The van der Waals surface area contributed by atoms with Crippen LogP contribution in [0.4, 0.5) is 0 Å². The third-order valence-corrected chi connectivity index (χ3v) is 3.45. The lowest BCUT2D eigenvalue weighted by molar-refractivity contribution is 0.477. The van der Waals surface area contributed by atoms with Gasteiger partial charge in [0, 0.05) is 10.6 Å². The molecule has 0 saturated heterocycles. The van der Waals surface area contributed by atoms with Gasteiger partial charge < -0.3 is 5.11 Å². The van der Waals surface area contributed by atoms with Gasteiger partial charge >= 0.3 is 0 Å². The van der Waals surface area contributed by atoms with Crippen molar-refractivity contribution in [1.82, 2.24) is 9.78 Å². The Bertz CT molecular complexity index is 754. The van der Waals surface area contributed by atoms with Crippen LogP contribution in [0.3, 0.4) is 0 Å². The van der Waals surface area contributed by atoms with E-state index in [9.17, 15) is 5.11 Å². The summed E-state index contributed by atoms with van der Waals surface area (Å²) in [5, 5.41) is 15.1. The molecule has 2 aromatic carbocycles. The number of halogens is 2. The zero-order chi connectivity index (χ0) is 14.1. The van der Waals surface area contributed by atoms with Crippen molar-refractivity contribution in [3.63, 3.8) is 0 Å². The summed E-state index contributed by atoms with van der Waals surface area (Å²) >= 11 is 12.0. The molecule has 1 N–H and O–H groups in total. The smallest absolute Gasteiger partial charge is 0.143 e. The number of aromatic hydroxyl groups is 1. The molecule has 0 aliphatic rings. The lowest BCUT2D eigenvalue weighted by atomic mass is 10.1. The average molecular weight is 305 g/mol. The molecule has 5 heteroatoms. The summed E-state index contributed by atoms with van der Waals surface area (Å²) in [4.78, 5) is 0. The normalized spacial score (nSPS) is 10.7. The van der Waals surface area contributed by atoms with Gasteiger partial charge in [-0.3, -0.25) is 0 Å². The lowest BCUT2D eigenvalue weighted by Gasteiger charge is -2.10. The van der Waals surface area contributed by atoms with E-state index in [1.54, 1.807) is 23.0 Å². The van der Waals surface area contributed by atoms with E-state index in [0.717, 1.165) is 11.4 Å². The van der Waals surface area contributed by atoms with Gasteiger partial charge in [0.05, 0.1) is 22.6 Å². The van der Waals surface area contributed by atoms with Crippen LogP contribution in [0.1, 0.15) is 0 Å². The summed E-state index contributed by atoms with van der Waals surface area (Å²) in [6.07, 6.45) is 1.66. The molecular formula is C15H10Cl2N2O. The molecule has 0 aliphatic heterocycles. The number of hydrogen-bond acceptors (Lipinski definition) is 2. The van der Waals surface area contributed by atoms with Crippen molar-refractivity contribution in [2.75, 3.05) is 0 Å². The van der Waals surface area contributed by atoms with Crippen LogP contribution in [0, 0.1) is 0 Å². The van der Waals surface area contributed by atoms with Gasteiger partial charge in [0.25, 0.3) is 0 Å². The van der Waals surface area contributed by atoms with Gasteiger partial charge in [-0.05, 0) is 30.3 Å². The van der Waals surface area contributed by atoms with Crippen LogP contribution in [-0.2, 0) is 0 Å². The Morgan fingerprint density at radius 1 is 1.00 bits per heavy atom. The maximum absolute atomic E-state index is 10.1. The lowest BCUT2D eigenvalue weighted by Crippen LogP contribution is -1.98. The summed E-state index contributed by atoms with van der Waals surface area (Å²) in [6.45, 7) is 0. The third-order valence-electron chi connectivity index (χ3n) is 2.95. The van der Waals surface area contributed by atoms with E-state index in [2.05, 4.69) is 5.10 Å². The largest absolute Gasteiger partial charge is 0.506 e. The van der Waals surface area contributed by atoms with Gasteiger partial charge in [-0.1, -0.05) is 41.4 Å². The molecule has 0 saturated carbocycles. The van der Waals surface area contributed by atoms with Crippen LogP contribution >= 0.6 is 23.2 Å². The highest BCUT2D eigenvalue weighted by molar-refractivity contribution is 6.36. The number of nitrogens with zero attached hydrogens (tertiary/aromatic N) is 2. The first kappa shape index (κ1) is 13.0. The molecule has 0 unspecified atom stereocenters. The molecule has 0 spiro atoms. The van der Waals surface area contributed by atoms with Gasteiger partial charge in [0.2, 0.25) is 0 Å². The predicted molar refractivity (Wildman–Crippen MR) is 80.7 cm³/mol. The molecule has 3 aromatic rings. The summed E-state index contributed by atoms with van der Waals surface area (Å²) in [5.74, 6) is -0.00579. The topological polar surface area (TPSA) is 38.1 Å². The van der Waals surface area contributed by atoms with E-state index in [1.165, 1.54) is 6.07 Å². The van der Waals surface area contributed by atoms with Crippen LogP contribution in [-0.4, -0.2) is 14.9 Å². The number of phenols is 1. The van der Waals surface area contributed by atoms with Crippen LogP contribution in [0.5, 0.6) is 5.75 Å². The Labute approximate surface area is 126 Å². The molecule has 0 aliphatic carbocycles. The minimum absolute atomic E-state index is 0.00579. The fourth-order valence-corrected chi connectivity index (χ4v) is 2.54. The molecule has 1 heterocycles. The molecule has 0 fully saturated rings. The fraction of sp³-hybridized carbons (Fsp3) is 0. The second kappa shape index (κ2) is 5.19. The predicted octanol–water partition coefficient (Wildman–Crippen LogP) is 4.55.